The zero-order chi connectivity index (χ0) is 26.6. The number of ether oxygens (including phenoxy) is 2. The highest BCUT2D eigenvalue weighted by atomic mass is 32.2. The van der Waals surface area contributed by atoms with Crippen LogP contribution in [0.15, 0.2) is 24.4 Å². The second-order valence-electron chi connectivity index (χ2n) is 10.3. The van der Waals surface area contributed by atoms with Gasteiger partial charge in [-0.3, -0.25) is 9.78 Å². The van der Waals surface area contributed by atoms with Crippen LogP contribution in [0, 0.1) is 0 Å². The topological polar surface area (TPSA) is 68.7 Å². The quantitative estimate of drug-likeness (QED) is 0.149. The van der Waals surface area contributed by atoms with Crippen molar-refractivity contribution >= 4 is 23.8 Å². The first kappa shape index (κ1) is 31.6. The molecule has 0 aromatic carbocycles. The van der Waals surface area contributed by atoms with Gasteiger partial charge in [-0.25, -0.2) is 9.69 Å². The number of hydrogen-bond acceptors (Lipinski definition) is 6. The van der Waals surface area contributed by atoms with Gasteiger partial charge in [-0.2, -0.15) is 0 Å². The van der Waals surface area contributed by atoms with Gasteiger partial charge in [-0.15, -0.1) is 11.8 Å². The summed E-state index contributed by atoms with van der Waals surface area (Å²) in [6.45, 7) is 5.71. The summed E-state index contributed by atoms with van der Waals surface area (Å²) in [5.41, 5.74) is 0.656. The number of aromatic nitrogens is 1. The van der Waals surface area contributed by atoms with Crippen molar-refractivity contribution in [3.05, 3.63) is 30.1 Å². The SMILES string of the molecule is CCCCCCCCCCCCCCCCOC[C@H]1C[C@H](COC(=O)N(Cc2ccccn2)C(C)=O)S1. The molecule has 7 heteroatoms. The van der Waals surface area contributed by atoms with Gasteiger partial charge in [0.25, 0.3) is 0 Å². The number of carbonyl (C=O) groups is 2. The van der Waals surface area contributed by atoms with E-state index in [9.17, 15) is 9.59 Å². The fourth-order valence-corrected chi connectivity index (χ4v) is 5.78. The molecule has 1 aromatic heterocycles. The molecule has 0 radical (unpaired) electrons. The number of unbranched alkanes of at least 4 members (excludes halogenated alkanes) is 13. The average Bonchev–Trinajstić information content (AvgIpc) is 2.87. The van der Waals surface area contributed by atoms with Gasteiger partial charge in [0, 0.05) is 30.2 Å². The molecule has 1 fully saturated rings. The zero-order valence-corrected chi connectivity index (χ0v) is 24.2. The van der Waals surface area contributed by atoms with Crippen LogP contribution in [0.2, 0.25) is 0 Å². The number of pyridine rings is 1. The van der Waals surface area contributed by atoms with Crippen molar-refractivity contribution < 1.29 is 19.1 Å². The Hall–Kier alpha value is -1.60. The van der Waals surface area contributed by atoms with Crippen molar-refractivity contribution in [2.45, 2.75) is 127 Å². The summed E-state index contributed by atoms with van der Waals surface area (Å²) >= 11 is 1.81. The number of rotatable bonds is 21. The van der Waals surface area contributed by atoms with Crippen LogP contribution in [0.3, 0.4) is 0 Å². The minimum Gasteiger partial charge on any atom is -0.448 e. The van der Waals surface area contributed by atoms with Gasteiger partial charge in [-0.1, -0.05) is 96.5 Å². The third-order valence-electron chi connectivity index (χ3n) is 6.90. The normalized spacial score (nSPS) is 16.8. The number of nitrogens with zero attached hydrogens (tertiary/aromatic N) is 2. The van der Waals surface area contributed by atoms with Crippen LogP contribution in [0.5, 0.6) is 0 Å². The zero-order valence-electron chi connectivity index (χ0n) is 23.3. The molecule has 0 unspecified atom stereocenters. The Morgan fingerprint density at radius 2 is 1.46 bits per heavy atom. The molecule has 1 saturated heterocycles. The van der Waals surface area contributed by atoms with Gasteiger partial charge in [0.1, 0.15) is 6.61 Å². The number of imide groups is 1. The van der Waals surface area contributed by atoms with Crippen LogP contribution in [0.25, 0.3) is 0 Å². The molecular formula is C30H50N2O4S. The molecule has 0 N–H and O–H groups in total. The smallest absolute Gasteiger partial charge is 0.416 e. The van der Waals surface area contributed by atoms with Gasteiger partial charge < -0.3 is 9.47 Å². The van der Waals surface area contributed by atoms with Crippen LogP contribution in [-0.2, 0) is 20.8 Å². The van der Waals surface area contributed by atoms with E-state index in [1.54, 1.807) is 18.3 Å². The van der Waals surface area contributed by atoms with E-state index in [1.165, 1.54) is 90.4 Å². The van der Waals surface area contributed by atoms with E-state index in [-0.39, 0.29) is 17.7 Å². The van der Waals surface area contributed by atoms with Gasteiger partial charge in [0.05, 0.1) is 18.8 Å². The monoisotopic (exact) mass is 534 g/mol. The van der Waals surface area contributed by atoms with Crippen molar-refractivity contribution in [1.82, 2.24) is 9.88 Å². The summed E-state index contributed by atoms with van der Waals surface area (Å²) < 4.78 is 11.3. The molecule has 0 saturated carbocycles. The standard InChI is InChI=1S/C30H50N2O4S/c1-3-4-5-6-7-8-9-10-11-12-13-14-15-18-21-35-24-28-22-29(37-28)25-36-30(34)32(26(2)33)23-27-19-16-17-20-31-27/h16-17,19-20,28-29H,3-15,18,21-25H2,1-2H3/t28-,29-/m1/s1. The van der Waals surface area contributed by atoms with Crippen molar-refractivity contribution in [3.63, 3.8) is 0 Å². The minimum absolute atomic E-state index is 0.128. The fourth-order valence-electron chi connectivity index (χ4n) is 4.58. The van der Waals surface area contributed by atoms with Crippen molar-refractivity contribution in [2.24, 2.45) is 0 Å². The fraction of sp³-hybridized carbons (Fsp3) is 0.767. The molecule has 37 heavy (non-hydrogen) atoms. The summed E-state index contributed by atoms with van der Waals surface area (Å²) in [5.74, 6) is -0.341. The molecular weight excluding hydrogens is 484 g/mol. The Labute approximate surface area is 229 Å². The van der Waals surface area contributed by atoms with Gasteiger partial charge in [0.2, 0.25) is 5.91 Å². The van der Waals surface area contributed by atoms with Crippen LogP contribution >= 0.6 is 11.8 Å². The van der Waals surface area contributed by atoms with Gasteiger partial charge in [0.15, 0.2) is 0 Å². The molecule has 0 bridgehead atoms. The summed E-state index contributed by atoms with van der Waals surface area (Å²) in [7, 11) is 0. The second-order valence-corrected chi connectivity index (χ2v) is 11.9. The summed E-state index contributed by atoms with van der Waals surface area (Å²) in [5, 5.41) is 0.759. The largest absolute Gasteiger partial charge is 0.448 e. The van der Waals surface area contributed by atoms with Crippen LogP contribution in [-0.4, -0.2) is 52.2 Å². The first-order valence-corrected chi connectivity index (χ1v) is 15.6. The number of carbonyl (C=O) groups excluding carboxylic acids is 2. The lowest BCUT2D eigenvalue weighted by Gasteiger charge is -2.34. The van der Waals surface area contributed by atoms with E-state index in [0.29, 0.717) is 17.6 Å². The highest BCUT2D eigenvalue weighted by Crippen LogP contribution is 2.37. The van der Waals surface area contributed by atoms with E-state index in [4.69, 9.17) is 9.47 Å². The predicted octanol–water partition coefficient (Wildman–Crippen LogP) is 7.94. The molecule has 0 aliphatic carbocycles. The van der Waals surface area contributed by atoms with Gasteiger partial charge in [-0.05, 0) is 25.0 Å². The van der Waals surface area contributed by atoms with E-state index >= 15 is 0 Å². The van der Waals surface area contributed by atoms with Crippen LogP contribution in [0.1, 0.15) is 116 Å². The molecule has 2 heterocycles. The van der Waals surface area contributed by atoms with E-state index in [1.807, 2.05) is 17.8 Å². The van der Waals surface area contributed by atoms with Crippen molar-refractivity contribution in [3.8, 4) is 0 Å². The third-order valence-corrected chi connectivity index (χ3v) is 8.32. The van der Waals surface area contributed by atoms with Crippen molar-refractivity contribution in [1.29, 1.82) is 0 Å². The highest BCUT2D eigenvalue weighted by Gasteiger charge is 2.32. The number of amides is 2. The Morgan fingerprint density at radius 1 is 0.892 bits per heavy atom. The Kier molecular flexibility index (Phi) is 17.4. The maximum atomic E-state index is 12.4. The van der Waals surface area contributed by atoms with Crippen LogP contribution < -0.4 is 0 Å². The lowest BCUT2D eigenvalue weighted by Crippen LogP contribution is -2.39. The van der Waals surface area contributed by atoms with E-state index in [0.717, 1.165) is 31.0 Å². The predicted molar refractivity (Wildman–Crippen MR) is 153 cm³/mol. The van der Waals surface area contributed by atoms with E-state index < -0.39 is 6.09 Å². The minimum atomic E-state index is -0.601. The third kappa shape index (κ3) is 14.8. The molecule has 210 valence electrons. The second kappa shape index (κ2) is 20.4. The highest BCUT2D eigenvalue weighted by molar-refractivity contribution is 8.01. The first-order valence-electron chi connectivity index (χ1n) is 14.7. The lowest BCUT2D eigenvalue weighted by atomic mass is 10.0. The van der Waals surface area contributed by atoms with E-state index in [2.05, 4.69) is 11.9 Å². The molecule has 1 aromatic rings. The van der Waals surface area contributed by atoms with Gasteiger partial charge >= 0.3 is 6.09 Å². The summed E-state index contributed by atoms with van der Waals surface area (Å²) in [6.07, 6.45) is 21.2. The maximum Gasteiger partial charge on any atom is 0.416 e. The Morgan fingerprint density at radius 3 is 2.00 bits per heavy atom. The molecule has 2 amide bonds. The maximum absolute atomic E-state index is 12.4. The van der Waals surface area contributed by atoms with Crippen molar-refractivity contribution in [2.75, 3.05) is 19.8 Å². The number of hydrogen-bond donors (Lipinski definition) is 0. The van der Waals surface area contributed by atoms with Crippen LogP contribution in [0.4, 0.5) is 4.79 Å². The Bertz CT molecular complexity index is 728. The number of thioether (sulfide) groups is 1. The molecule has 6 nitrogen and oxygen atoms in total. The average molecular weight is 535 g/mol. The summed E-state index contributed by atoms with van der Waals surface area (Å²) in [4.78, 5) is 29.5. The molecule has 2 rings (SSSR count). The summed E-state index contributed by atoms with van der Waals surface area (Å²) in [6, 6.07) is 5.42. The first-order chi connectivity index (χ1) is 18.1. The lowest BCUT2D eigenvalue weighted by molar-refractivity contribution is -0.127. The molecule has 0 spiro atoms. The molecule has 1 aliphatic rings. The Balaban J connectivity index is 1.36. The molecule has 2 atom stereocenters. The molecule has 1 aliphatic heterocycles.